The molecule has 2 aromatic carbocycles. The summed E-state index contributed by atoms with van der Waals surface area (Å²) in [6.07, 6.45) is 2.26. The lowest BCUT2D eigenvalue weighted by Crippen LogP contribution is -2.22. The minimum atomic E-state index is -0.300. The monoisotopic (exact) mass is 493 g/mol. The minimum Gasteiger partial charge on any atom is -0.455 e. The van der Waals surface area contributed by atoms with Crippen molar-refractivity contribution in [1.29, 1.82) is 0 Å². The topological polar surface area (TPSA) is 83.7 Å². The maximum absolute atomic E-state index is 13.0. The molecule has 164 valence electrons. The van der Waals surface area contributed by atoms with Crippen LogP contribution in [-0.4, -0.2) is 17.5 Å². The average molecular weight is 494 g/mol. The van der Waals surface area contributed by atoms with E-state index in [1.807, 2.05) is 51.1 Å². The van der Waals surface area contributed by atoms with Crippen LogP contribution in [0, 0.1) is 20.8 Å². The van der Waals surface area contributed by atoms with E-state index in [1.54, 1.807) is 12.1 Å². The highest BCUT2D eigenvalue weighted by atomic mass is 79.9. The van der Waals surface area contributed by atoms with Gasteiger partial charge in [-0.1, -0.05) is 24.3 Å². The summed E-state index contributed by atoms with van der Waals surface area (Å²) in [7, 11) is 0. The second-order valence-electron chi connectivity index (χ2n) is 7.96. The number of hydrazone groups is 1. The predicted octanol–water partition coefficient (Wildman–Crippen LogP) is 5.69. The molecule has 0 aliphatic heterocycles. The van der Waals surface area contributed by atoms with E-state index >= 15 is 0 Å². The summed E-state index contributed by atoms with van der Waals surface area (Å²) in [6, 6.07) is 13.1. The molecule has 1 heterocycles. The first-order chi connectivity index (χ1) is 15.3. The number of amides is 2. The average Bonchev–Trinajstić information content (AvgIpc) is 3.12. The van der Waals surface area contributed by atoms with Crippen LogP contribution in [-0.2, 0) is 6.42 Å². The number of anilines is 1. The SMILES string of the molecule is Cc1ccc(C)c(NC(=O)c2oc3c(c2C)/C(=N/NC(=O)c2ccccc2Br)CCC3)c1. The number of hydrogen-bond acceptors (Lipinski definition) is 4. The van der Waals surface area contributed by atoms with Crippen molar-refractivity contribution in [3.63, 3.8) is 0 Å². The fourth-order valence-corrected chi connectivity index (χ4v) is 4.33. The molecule has 0 fully saturated rings. The van der Waals surface area contributed by atoms with Crippen LogP contribution in [0.5, 0.6) is 0 Å². The molecule has 3 aromatic rings. The molecule has 32 heavy (non-hydrogen) atoms. The summed E-state index contributed by atoms with van der Waals surface area (Å²) in [5.41, 5.74) is 8.23. The predicted molar refractivity (Wildman–Crippen MR) is 128 cm³/mol. The highest BCUT2D eigenvalue weighted by molar-refractivity contribution is 9.10. The molecule has 1 aliphatic carbocycles. The Morgan fingerprint density at radius 1 is 1.03 bits per heavy atom. The van der Waals surface area contributed by atoms with Crippen molar-refractivity contribution >= 4 is 39.1 Å². The Balaban J connectivity index is 1.59. The molecule has 0 spiro atoms. The number of carbonyl (C=O) groups is 2. The normalized spacial score (nSPS) is 14.2. The van der Waals surface area contributed by atoms with Crippen LogP contribution in [0.1, 0.15) is 61.8 Å². The highest BCUT2D eigenvalue weighted by Gasteiger charge is 2.28. The Bertz CT molecular complexity index is 1240. The zero-order chi connectivity index (χ0) is 22.8. The van der Waals surface area contributed by atoms with E-state index in [1.165, 1.54) is 0 Å². The van der Waals surface area contributed by atoms with Crippen LogP contribution in [0.2, 0.25) is 0 Å². The molecule has 0 bridgehead atoms. The third kappa shape index (κ3) is 4.39. The molecule has 1 aliphatic rings. The number of benzene rings is 2. The largest absolute Gasteiger partial charge is 0.455 e. The van der Waals surface area contributed by atoms with E-state index in [-0.39, 0.29) is 17.6 Å². The van der Waals surface area contributed by atoms with Crippen molar-refractivity contribution in [2.24, 2.45) is 5.10 Å². The van der Waals surface area contributed by atoms with Crippen molar-refractivity contribution < 1.29 is 14.0 Å². The molecule has 0 saturated carbocycles. The molecular weight excluding hydrogens is 470 g/mol. The number of nitrogens with one attached hydrogen (secondary N) is 2. The number of rotatable bonds is 4. The molecular formula is C25H24BrN3O3. The van der Waals surface area contributed by atoms with Gasteiger partial charge < -0.3 is 9.73 Å². The molecule has 4 rings (SSSR count). The van der Waals surface area contributed by atoms with Crippen molar-refractivity contribution in [2.45, 2.75) is 40.0 Å². The van der Waals surface area contributed by atoms with Crippen molar-refractivity contribution in [1.82, 2.24) is 5.43 Å². The van der Waals surface area contributed by atoms with Gasteiger partial charge in [-0.25, -0.2) is 5.43 Å². The molecule has 0 radical (unpaired) electrons. The van der Waals surface area contributed by atoms with E-state index in [0.717, 1.165) is 52.3 Å². The van der Waals surface area contributed by atoms with Gasteiger partial charge in [0.1, 0.15) is 5.76 Å². The Hall–Kier alpha value is -3.19. The molecule has 0 saturated heterocycles. The van der Waals surface area contributed by atoms with Gasteiger partial charge in [0.05, 0.1) is 11.3 Å². The van der Waals surface area contributed by atoms with Crippen molar-refractivity contribution in [3.05, 3.63) is 86.3 Å². The fraction of sp³-hybridized carbons (Fsp3) is 0.240. The van der Waals surface area contributed by atoms with Crippen LogP contribution >= 0.6 is 15.9 Å². The maximum atomic E-state index is 13.0. The van der Waals surface area contributed by atoms with Crippen molar-refractivity contribution in [3.8, 4) is 0 Å². The number of fused-ring (bicyclic) bond motifs is 1. The van der Waals surface area contributed by atoms with E-state index < -0.39 is 0 Å². The Morgan fingerprint density at radius 3 is 2.59 bits per heavy atom. The van der Waals surface area contributed by atoms with Crippen LogP contribution in [0.4, 0.5) is 5.69 Å². The van der Waals surface area contributed by atoms with E-state index in [4.69, 9.17) is 4.42 Å². The van der Waals surface area contributed by atoms with Gasteiger partial charge in [0.25, 0.3) is 11.8 Å². The summed E-state index contributed by atoms with van der Waals surface area (Å²) < 4.78 is 6.67. The van der Waals surface area contributed by atoms with Crippen LogP contribution in [0.3, 0.4) is 0 Å². The second kappa shape index (κ2) is 9.12. The molecule has 0 atom stereocenters. The van der Waals surface area contributed by atoms with Gasteiger partial charge in [0, 0.05) is 27.7 Å². The molecule has 1 aromatic heterocycles. The van der Waals surface area contributed by atoms with E-state index in [9.17, 15) is 9.59 Å². The van der Waals surface area contributed by atoms with E-state index in [2.05, 4.69) is 31.8 Å². The molecule has 2 N–H and O–H groups in total. The number of halogens is 1. The molecule has 0 unspecified atom stereocenters. The lowest BCUT2D eigenvalue weighted by atomic mass is 9.93. The third-order valence-corrected chi connectivity index (χ3v) is 6.28. The van der Waals surface area contributed by atoms with Crippen LogP contribution in [0.25, 0.3) is 0 Å². The summed E-state index contributed by atoms with van der Waals surface area (Å²) in [4.78, 5) is 25.5. The minimum absolute atomic E-state index is 0.280. The lowest BCUT2D eigenvalue weighted by Gasteiger charge is -2.13. The van der Waals surface area contributed by atoms with Crippen LogP contribution < -0.4 is 10.7 Å². The Labute approximate surface area is 195 Å². The Morgan fingerprint density at radius 2 is 1.81 bits per heavy atom. The van der Waals surface area contributed by atoms with Gasteiger partial charge in [-0.2, -0.15) is 5.10 Å². The Kier molecular flexibility index (Phi) is 6.28. The first kappa shape index (κ1) is 22.0. The number of carbonyl (C=O) groups excluding carboxylic acids is 2. The standard InChI is InChI=1S/C25H24BrN3O3/c1-14-11-12-15(2)20(13-14)27-25(31)23-16(3)22-19(9-6-10-21(22)32-23)28-29-24(30)17-7-4-5-8-18(17)26/h4-5,7-8,11-13H,6,9-10H2,1-3H3,(H,27,31)(H,29,30)/b28-19+. The zero-order valence-electron chi connectivity index (χ0n) is 18.2. The summed E-state index contributed by atoms with van der Waals surface area (Å²) in [5.74, 6) is 0.421. The summed E-state index contributed by atoms with van der Waals surface area (Å²) in [6.45, 7) is 5.79. The van der Waals surface area contributed by atoms with E-state index in [0.29, 0.717) is 16.5 Å². The number of aryl methyl sites for hydroxylation is 3. The third-order valence-electron chi connectivity index (χ3n) is 5.58. The van der Waals surface area contributed by atoms with Gasteiger partial charge in [0.15, 0.2) is 5.76 Å². The first-order valence-electron chi connectivity index (χ1n) is 10.5. The summed E-state index contributed by atoms with van der Waals surface area (Å²) >= 11 is 3.39. The van der Waals surface area contributed by atoms with Crippen molar-refractivity contribution in [2.75, 3.05) is 5.32 Å². The number of nitrogens with zero attached hydrogens (tertiary/aromatic N) is 1. The zero-order valence-corrected chi connectivity index (χ0v) is 19.8. The van der Waals surface area contributed by atoms with Gasteiger partial charge in [-0.05, 0) is 78.9 Å². The smallest absolute Gasteiger partial charge is 0.291 e. The quantitative estimate of drug-likeness (QED) is 0.457. The first-order valence-corrected chi connectivity index (χ1v) is 11.3. The van der Waals surface area contributed by atoms with Gasteiger partial charge in [-0.3, -0.25) is 9.59 Å². The molecule has 6 nitrogen and oxygen atoms in total. The van der Waals surface area contributed by atoms with Crippen LogP contribution in [0.15, 0.2) is 56.5 Å². The second-order valence-corrected chi connectivity index (χ2v) is 8.81. The van der Waals surface area contributed by atoms with Gasteiger partial charge in [-0.15, -0.1) is 0 Å². The molecule has 7 heteroatoms. The van der Waals surface area contributed by atoms with Gasteiger partial charge >= 0.3 is 0 Å². The maximum Gasteiger partial charge on any atom is 0.291 e. The highest BCUT2D eigenvalue weighted by Crippen LogP contribution is 2.30. The number of hydrogen-bond donors (Lipinski definition) is 2. The lowest BCUT2D eigenvalue weighted by molar-refractivity contribution is 0.0952. The molecule has 2 amide bonds. The number of furan rings is 1. The fourth-order valence-electron chi connectivity index (χ4n) is 3.87. The summed E-state index contributed by atoms with van der Waals surface area (Å²) in [5, 5.41) is 7.35. The van der Waals surface area contributed by atoms with Gasteiger partial charge in [0.2, 0.25) is 0 Å².